The molecule has 0 aromatic carbocycles. The number of hydrogen-bond acceptors (Lipinski definition) is 3. The summed E-state index contributed by atoms with van der Waals surface area (Å²) in [5.41, 5.74) is 0.991. The first kappa shape index (κ1) is 9.17. The standard InChI is InChI=1S/C8H8N2O3S/c11-14(12,13)6-7-3-5-10-4-1-2-8(10)9-7/h1-5H,6H2,(H,11,12,13). The van der Waals surface area contributed by atoms with Crippen molar-refractivity contribution in [2.24, 2.45) is 0 Å². The zero-order valence-corrected chi connectivity index (χ0v) is 7.98. The van der Waals surface area contributed by atoms with Gasteiger partial charge in [0.15, 0.2) is 0 Å². The lowest BCUT2D eigenvalue weighted by Crippen LogP contribution is -2.04. The van der Waals surface area contributed by atoms with Crippen LogP contribution in [-0.4, -0.2) is 22.4 Å². The second kappa shape index (κ2) is 3.07. The van der Waals surface area contributed by atoms with E-state index in [-0.39, 0.29) is 0 Å². The molecule has 1 N–H and O–H groups in total. The van der Waals surface area contributed by atoms with E-state index < -0.39 is 15.9 Å². The highest BCUT2D eigenvalue weighted by Crippen LogP contribution is 2.05. The van der Waals surface area contributed by atoms with E-state index in [4.69, 9.17) is 4.55 Å². The van der Waals surface area contributed by atoms with Crippen LogP contribution >= 0.6 is 0 Å². The Morgan fingerprint density at radius 3 is 2.86 bits per heavy atom. The first-order valence-corrected chi connectivity index (χ1v) is 5.53. The highest BCUT2D eigenvalue weighted by atomic mass is 32.2. The number of rotatable bonds is 2. The number of aromatic nitrogens is 2. The monoisotopic (exact) mass is 212 g/mol. The third-order valence-electron chi connectivity index (χ3n) is 1.77. The molecule has 14 heavy (non-hydrogen) atoms. The maximum absolute atomic E-state index is 10.6. The van der Waals surface area contributed by atoms with Crippen LogP contribution in [0.5, 0.6) is 0 Å². The maximum Gasteiger partial charge on any atom is 0.270 e. The fraction of sp³-hybridized carbons (Fsp3) is 0.125. The van der Waals surface area contributed by atoms with Gasteiger partial charge in [0.05, 0.1) is 5.69 Å². The molecular formula is C8H8N2O3S. The van der Waals surface area contributed by atoms with Crippen LogP contribution in [0, 0.1) is 0 Å². The Bertz CT molecular complexity index is 559. The van der Waals surface area contributed by atoms with E-state index in [0.29, 0.717) is 11.3 Å². The lowest BCUT2D eigenvalue weighted by Gasteiger charge is -1.98. The quantitative estimate of drug-likeness (QED) is 0.744. The Morgan fingerprint density at radius 1 is 1.36 bits per heavy atom. The molecule has 2 heterocycles. The normalized spacial score (nSPS) is 12.1. The topological polar surface area (TPSA) is 71.7 Å². The van der Waals surface area contributed by atoms with Gasteiger partial charge in [0.1, 0.15) is 11.4 Å². The molecular weight excluding hydrogens is 204 g/mol. The van der Waals surface area contributed by atoms with Crippen molar-refractivity contribution in [3.63, 3.8) is 0 Å². The third-order valence-corrected chi connectivity index (χ3v) is 2.43. The Kier molecular flexibility index (Phi) is 2.01. The Balaban J connectivity index is 2.44. The second-order valence-corrected chi connectivity index (χ2v) is 4.37. The molecule has 0 amide bonds. The van der Waals surface area contributed by atoms with Crippen molar-refractivity contribution in [3.05, 3.63) is 36.3 Å². The summed E-state index contributed by atoms with van der Waals surface area (Å²) in [7, 11) is -4.00. The molecule has 0 aliphatic rings. The van der Waals surface area contributed by atoms with Crippen molar-refractivity contribution in [3.8, 4) is 0 Å². The SMILES string of the molecule is O=S(=O)(O)Cc1ccn2cccc2n1. The van der Waals surface area contributed by atoms with Gasteiger partial charge in [0.2, 0.25) is 0 Å². The number of hydrogen-bond donors (Lipinski definition) is 1. The molecule has 0 radical (unpaired) electrons. The van der Waals surface area contributed by atoms with Crippen LogP contribution in [-0.2, 0) is 15.9 Å². The summed E-state index contributed by atoms with van der Waals surface area (Å²) in [4.78, 5) is 4.04. The Morgan fingerprint density at radius 2 is 2.14 bits per heavy atom. The van der Waals surface area contributed by atoms with Crippen LogP contribution < -0.4 is 0 Å². The average Bonchev–Trinajstić information content (AvgIpc) is 2.47. The van der Waals surface area contributed by atoms with E-state index in [1.54, 1.807) is 35.0 Å². The molecule has 2 aromatic rings. The van der Waals surface area contributed by atoms with E-state index in [9.17, 15) is 8.42 Å². The molecule has 2 aromatic heterocycles. The molecule has 0 bridgehead atoms. The molecule has 0 fully saturated rings. The zero-order chi connectivity index (χ0) is 10.2. The molecule has 0 saturated heterocycles. The van der Waals surface area contributed by atoms with Crippen LogP contribution in [0.3, 0.4) is 0 Å². The smallest absolute Gasteiger partial charge is 0.270 e. The predicted molar refractivity (Wildman–Crippen MR) is 50.4 cm³/mol. The van der Waals surface area contributed by atoms with Gasteiger partial charge in [-0.25, -0.2) is 4.98 Å². The fourth-order valence-corrected chi connectivity index (χ4v) is 1.76. The van der Waals surface area contributed by atoms with Crippen molar-refractivity contribution < 1.29 is 13.0 Å². The van der Waals surface area contributed by atoms with E-state index in [2.05, 4.69) is 4.98 Å². The molecule has 0 aliphatic carbocycles. The van der Waals surface area contributed by atoms with Gasteiger partial charge in [0, 0.05) is 12.4 Å². The molecule has 0 atom stereocenters. The van der Waals surface area contributed by atoms with Crippen molar-refractivity contribution in [2.45, 2.75) is 5.75 Å². The minimum absolute atomic E-state index is 0.332. The minimum atomic E-state index is -4.00. The van der Waals surface area contributed by atoms with E-state index in [0.717, 1.165) is 0 Å². The summed E-state index contributed by atoms with van der Waals surface area (Å²) in [5.74, 6) is -0.450. The Hall–Kier alpha value is -1.40. The highest BCUT2D eigenvalue weighted by Gasteiger charge is 2.07. The van der Waals surface area contributed by atoms with Gasteiger partial charge in [-0.2, -0.15) is 8.42 Å². The molecule has 5 nitrogen and oxygen atoms in total. The lowest BCUT2D eigenvalue weighted by molar-refractivity contribution is 0.481. The summed E-state index contributed by atoms with van der Waals surface area (Å²) in [6, 6.07) is 5.12. The van der Waals surface area contributed by atoms with Gasteiger partial charge >= 0.3 is 0 Å². The summed E-state index contributed by atoms with van der Waals surface area (Å²) < 4.78 is 31.5. The summed E-state index contributed by atoms with van der Waals surface area (Å²) in [6.07, 6.45) is 3.50. The van der Waals surface area contributed by atoms with Crippen molar-refractivity contribution in [1.29, 1.82) is 0 Å². The molecule has 2 rings (SSSR count). The second-order valence-electron chi connectivity index (χ2n) is 2.92. The van der Waals surface area contributed by atoms with Gasteiger partial charge in [-0.15, -0.1) is 0 Å². The van der Waals surface area contributed by atoms with E-state index in [1.807, 2.05) is 0 Å². The van der Waals surface area contributed by atoms with E-state index >= 15 is 0 Å². The highest BCUT2D eigenvalue weighted by molar-refractivity contribution is 7.85. The van der Waals surface area contributed by atoms with Crippen molar-refractivity contribution in [1.82, 2.24) is 9.38 Å². The molecule has 0 saturated carbocycles. The molecule has 0 aliphatic heterocycles. The first-order chi connectivity index (χ1) is 6.54. The lowest BCUT2D eigenvalue weighted by atomic mass is 10.4. The minimum Gasteiger partial charge on any atom is -0.309 e. The first-order valence-electron chi connectivity index (χ1n) is 3.92. The maximum atomic E-state index is 10.6. The predicted octanol–water partition coefficient (Wildman–Crippen LogP) is 0.722. The summed E-state index contributed by atoms with van der Waals surface area (Å²) in [6.45, 7) is 0. The van der Waals surface area contributed by atoms with Crippen LogP contribution in [0.1, 0.15) is 5.69 Å². The molecule has 6 heteroatoms. The van der Waals surface area contributed by atoms with Gasteiger partial charge in [0.25, 0.3) is 10.1 Å². The average molecular weight is 212 g/mol. The van der Waals surface area contributed by atoms with Gasteiger partial charge in [-0.3, -0.25) is 4.55 Å². The largest absolute Gasteiger partial charge is 0.309 e. The van der Waals surface area contributed by atoms with Gasteiger partial charge in [-0.1, -0.05) is 0 Å². The van der Waals surface area contributed by atoms with Crippen LogP contribution in [0.4, 0.5) is 0 Å². The van der Waals surface area contributed by atoms with E-state index in [1.165, 1.54) is 0 Å². The summed E-state index contributed by atoms with van der Waals surface area (Å²) in [5, 5.41) is 0. The van der Waals surface area contributed by atoms with Gasteiger partial charge < -0.3 is 4.40 Å². The molecule has 0 unspecified atom stereocenters. The molecule has 0 spiro atoms. The number of nitrogens with zero attached hydrogens (tertiary/aromatic N) is 2. The van der Waals surface area contributed by atoms with Crippen LogP contribution in [0.25, 0.3) is 5.65 Å². The third kappa shape index (κ3) is 1.91. The van der Waals surface area contributed by atoms with Crippen molar-refractivity contribution >= 4 is 15.8 Å². The van der Waals surface area contributed by atoms with Crippen LogP contribution in [0.2, 0.25) is 0 Å². The van der Waals surface area contributed by atoms with Gasteiger partial charge in [-0.05, 0) is 18.2 Å². The Labute approximate surface area is 80.8 Å². The summed E-state index contributed by atoms with van der Waals surface area (Å²) >= 11 is 0. The molecule has 74 valence electrons. The van der Waals surface area contributed by atoms with Crippen LogP contribution in [0.15, 0.2) is 30.6 Å². The zero-order valence-electron chi connectivity index (χ0n) is 7.16. The number of fused-ring (bicyclic) bond motifs is 1. The van der Waals surface area contributed by atoms with Crippen molar-refractivity contribution in [2.75, 3.05) is 0 Å². The fourth-order valence-electron chi connectivity index (χ4n) is 1.22.